The van der Waals surface area contributed by atoms with E-state index in [1.165, 1.54) is 36.8 Å². The fourth-order valence-electron chi connectivity index (χ4n) is 3.85. The van der Waals surface area contributed by atoms with Gasteiger partial charge in [-0.3, -0.25) is 0 Å². The first-order valence-corrected chi connectivity index (χ1v) is 10.2. The molecule has 0 bridgehead atoms. The number of hydrogen-bond acceptors (Lipinski definition) is 5. The molecule has 0 aliphatic heterocycles. The third-order valence-corrected chi connectivity index (χ3v) is 5.53. The molecule has 2 N–H and O–H groups in total. The van der Waals surface area contributed by atoms with E-state index >= 15 is 0 Å². The van der Waals surface area contributed by atoms with Crippen LogP contribution in [0.2, 0.25) is 0 Å². The van der Waals surface area contributed by atoms with Gasteiger partial charge in [0.2, 0.25) is 5.95 Å². The standard InChI is InChI=1S/C22H33N5/c1-4-18-7-5-6-8-19(18)16-23-15-17-9-11-20(12-10-17)25-22-24-14-13-21(26-22)27(2)3/h5-8,13-14,17,20,23H,4,9-12,15-16H2,1-3H3,(H,24,25,26)/t17-,20+. The van der Waals surface area contributed by atoms with E-state index in [-0.39, 0.29) is 0 Å². The van der Waals surface area contributed by atoms with Gasteiger partial charge < -0.3 is 15.5 Å². The Morgan fingerprint density at radius 1 is 1.04 bits per heavy atom. The van der Waals surface area contributed by atoms with Crippen LogP contribution in [0.1, 0.15) is 43.7 Å². The first-order valence-electron chi connectivity index (χ1n) is 10.2. The number of nitrogens with one attached hydrogen (secondary N) is 2. The molecule has 27 heavy (non-hydrogen) atoms. The Morgan fingerprint density at radius 3 is 2.48 bits per heavy atom. The molecule has 0 atom stereocenters. The average Bonchev–Trinajstić information content (AvgIpc) is 2.70. The van der Waals surface area contributed by atoms with Gasteiger partial charge in [-0.1, -0.05) is 31.2 Å². The van der Waals surface area contributed by atoms with Crippen LogP contribution in [0, 0.1) is 5.92 Å². The van der Waals surface area contributed by atoms with Crippen molar-refractivity contribution in [1.29, 1.82) is 0 Å². The molecule has 1 fully saturated rings. The lowest BCUT2D eigenvalue weighted by molar-refractivity contribution is 0.323. The van der Waals surface area contributed by atoms with E-state index in [1.54, 1.807) is 0 Å². The summed E-state index contributed by atoms with van der Waals surface area (Å²) in [5.74, 6) is 2.46. The van der Waals surface area contributed by atoms with Crippen LogP contribution in [0.3, 0.4) is 0 Å². The number of benzene rings is 1. The molecule has 1 aliphatic carbocycles. The van der Waals surface area contributed by atoms with Crippen LogP contribution in [0.15, 0.2) is 36.5 Å². The highest BCUT2D eigenvalue weighted by Gasteiger charge is 2.21. The summed E-state index contributed by atoms with van der Waals surface area (Å²) in [4.78, 5) is 11.0. The molecule has 1 heterocycles. The molecular formula is C22H33N5. The highest BCUT2D eigenvalue weighted by atomic mass is 15.2. The van der Waals surface area contributed by atoms with Crippen LogP contribution >= 0.6 is 0 Å². The lowest BCUT2D eigenvalue weighted by atomic mass is 9.86. The zero-order chi connectivity index (χ0) is 19.1. The summed E-state index contributed by atoms with van der Waals surface area (Å²) in [7, 11) is 4.01. The molecule has 1 saturated carbocycles. The van der Waals surface area contributed by atoms with Crippen molar-refractivity contribution in [2.24, 2.45) is 5.92 Å². The van der Waals surface area contributed by atoms with Crippen molar-refractivity contribution in [3.8, 4) is 0 Å². The smallest absolute Gasteiger partial charge is 0.224 e. The highest BCUT2D eigenvalue weighted by Crippen LogP contribution is 2.26. The van der Waals surface area contributed by atoms with Crippen molar-refractivity contribution in [2.75, 3.05) is 30.9 Å². The summed E-state index contributed by atoms with van der Waals surface area (Å²) in [6.07, 6.45) is 7.82. The second kappa shape index (κ2) is 9.70. The van der Waals surface area contributed by atoms with E-state index in [4.69, 9.17) is 0 Å². The summed E-state index contributed by atoms with van der Waals surface area (Å²) in [5.41, 5.74) is 2.89. The largest absolute Gasteiger partial charge is 0.363 e. The molecule has 5 nitrogen and oxygen atoms in total. The second-order valence-corrected chi connectivity index (χ2v) is 7.75. The number of aromatic nitrogens is 2. The summed E-state index contributed by atoms with van der Waals surface area (Å²) in [6.45, 7) is 4.32. The quantitative estimate of drug-likeness (QED) is 0.742. The predicted molar refractivity (Wildman–Crippen MR) is 113 cm³/mol. The van der Waals surface area contributed by atoms with Crippen molar-refractivity contribution in [1.82, 2.24) is 15.3 Å². The maximum absolute atomic E-state index is 4.58. The normalized spacial score (nSPS) is 19.7. The zero-order valence-electron chi connectivity index (χ0n) is 16.9. The molecule has 1 aliphatic rings. The molecule has 0 spiro atoms. The van der Waals surface area contributed by atoms with Gasteiger partial charge in [-0.2, -0.15) is 4.98 Å². The fourth-order valence-corrected chi connectivity index (χ4v) is 3.85. The number of hydrogen-bond donors (Lipinski definition) is 2. The first kappa shape index (κ1) is 19.6. The summed E-state index contributed by atoms with van der Waals surface area (Å²) >= 11 is 0. The Hall–Kier alpha value is -2.14. The van der Waals surface area contributed by atoms with Crippen LogP contribution in [0.4, 0.5) is 11.8 Å². The van der Waals surface area contributed by atoms with Crippen molar-refractivity contribution in [2.45, 2.75) is 51.6 Å². The maximum Gasteiger partial charge on any atom is 0.224 e. The van der Waals surface area contributed by atoms with E-state index < -0.39 is 0 Å². The highest BCUT2D eigenvalue weighted by molar-refractivity contribution is 5.41. The zero-order valence-corrected chi connectivity index (χ0v) is 16.9. The number of anilines is 2. The molecule has 2 aromatic rings. The van der Waals surface area contributed by atoms with Crippen molar-refractivity contribution >= 4 is 11.8 Å². The second-order valence-electron chi connectivity index (χ2n) is 7.75. The predicted octanol–water partition coefficient (Wildman–Crippen LogP) is 3.87. The van der Waals surface area contributed by atoms with E-state index in [9.17, 15) is 0 Å². The summed E-state index contributed by atoms with van der Waals surface area (Å²) < 4.78 is 0. The topological polar surface area (TPSA) is 53.1 Å². The van der Waals surface area contributed by atoms with Gasteiger partial charge in [0, 0.05) is 32.9 Å². The molecule has 1 aromatic heterocycles. The van der Waals surface area contributed by atoms with Crippen LogP contribution in [-0.4, -0.2) is 36.6 Å². The van der Waals surface area contributed by atoms with Gasteiger partial charge in [-0.05, 0) is 61.8 Å². The lowest BCUT2D eigenvalue weighted by Crippen LogP contribution is -2.31. The van der Waals surface area contributed by atoms with Crippen LogP contribution in [0.25, 0.3) is 0 Å². The molecule has 5 heteroatoms. The fraction of sp³-hybridized carbons (Fsp3) is 0.545. The van der Waals surface area contributed by atoms with Crippen LogP contribution < -0.4 is 15.5 Å². The van der Waals surface area contributed by atoms with Gasteiger partial charge in [0.1, 0.15) is 5.82 Å². The van der Waals surface area contributed by atoms with Gasteiger partial charge in [-0.15, -0.1) is 0 Å². The molecule has 0 saturated heterocycles. The van der Waals surface area contributed by atoms with Gasteiger partial charge >= 0.3 is 0 Å². The minimum absolute atomic E-state index is 0.486. The van der Waals surface area contributed by atoms with Gasteiger partial charge in [0.15, 0.2) is 0 Å². The van der Waals surface area contributed by atoms with Gasteiger partial charge in [0.05, 0.1) is 0 Å². The van der Waals surface area contributed by atoms with Gasteiger partial charge in [0.25, 0.3) is 0 Å². The molecule has 0 unspecified atom stereocenters. The molecule has 146 valence electrons. The van der Waals surface area contributed by atoms with Crippen LogP contribution in [0.5, 0.6) is 0 Å². The Labute approximate surface area is 163 Å². The molecule has 1 aromatic carbocycles. The Kier molecular flexibility index (Phi) is 7.04. The Balaban J connectivity index is 1.41. The minimum Gasteiger partial charge on any atom is -0.363 e. The SMILES string of the molecule is CCc1ccccc1CNC[C@H]1CC[C@@H](Nc2nccc(N(C)C)n2)CC1. The lowest BCUT2D eigenvalue weighted by Gasteiger charge is -2.29. The number of nitrogens with zero attached hydrogens (tertiary/aromatic N) is 3. The average molecular weight is 368 g/mol. The van der Waals surface area contributed by atoms with E-state index in [1.807, 2.05) is 31.3 Å². The molecule has 0 radical (unpaired) electrons. The molecular weight excluding hydrogens is 334 g/mol. The van der Waals surface area contributed by atoms with E-state index in [0.717, 1.165) is 37.2 Å². The first-order chi connectivity index (χ1) is 13.2. The monoisotopic (exact) mass is 367 g/mol. The third kappa shape index (κ3) is 5.67. The molecule has 3 rings (SSSR count). The number of rotatable bonds is 8. The van der Waals surface area contributed by atoms with Crippen molar-refractivity contribution in [3.05, 3.63) is 47.7 Å². The van der Waals surface area contributed by atoms with E-state index in [0.29, 0.717) is 6.04 Å². The number of aryl methyl sites for hydroxylation is 1. The minimum atomic E-state index is 0.486. The van der Waals surface area contributed by atoms with Gasteiger partial charge in [-0.25, -0.2) is 4.98 Å². The summed E-state index contributed by atoms with van der Waals surface area (Å²) in [5, 5.41) is 7.20. The van der Waals surface area contributed by atoms with Crippen molar-refractivity contribution in [3.63, 3.8) is 0 Å². The molecule has 0 amide bonds. The van der Waals surface area contributed by atoms with Crippen molar-refractivity contribution < 1.29 is 0 Å². The Bertz CT molecular complexity index is 707. The summed E-state index contributed by atoms with van der Waals surface area (Å²) in [6, 6.07) is 11.2. The van der Waals surface area contributed by atoms with Crippen LogP contribution in [-0.2, 0) is 13.0 Å². The third-order valence-electron chi connectivity index (χ3n) is 5.53. The Morgan fingerprint density at radius 2 is 1.78 bits per heavy atom. The van der Waals surface area contributed by atoms with E-state index in [2.05, 4.69) is 51.8 Å². The maximum atomic E-state index is 4.58.